The Balaban J connectivity index is 0. The maximum atomic E-state index is 8.98. The molecule has 0 bridgehead atoms. The second kappa shape index (κ2) is 6.06. The van der Waals surface area contributed by atoms with E-state index >= 15 is 0 Å². The fourth-order valence-corrected chi connectivity index (χ4v) is 0. The van der Waals surface area contributed by atoms with Crippen molar-refractivity contribution < 1.29 is 48.7 Å². The molecule has 0 atom stereocenters. The van der Waals surface area contributed by atoms with Gasteiger partial charge in [-0.2, -0.15) is 0 Å². The molecule has 2 nitrogen and oxygen atoms in total. The van der Waals surface area contributed by atoms with Gasteiger partial charge in [-0.05, 0) is 0 Å². The largest absolute Gasteiger partial charge is 3.00 e. The molecule has 30 valence electrons. The Hall–Kier alpha value is 2.06. The van der Waals surface area contributed by atoms with Crippen LogP contribution in [0.5, 0.6) is 0 Å². The normalized spacial score (nSPS) is 5.40. The molecule has 0 heterocycles. The van der Waals surface area contributed by atoms with Gasteiger partial charge < -0.3 is 0 Å². The van der Waals surface area contributed by atoms with Crippen LogP contribution in [0.1, 0.15) is 0 Å². The van der Waals surface area contributed by atoms with Crippen molar-refractivity contribution in [2.45, 2.75) is 0 Å². The minimum absolute atomic E-state index is 0. The molecule has 0 rings (SSSR count). The Bertz CT molecular complexity index is 14.4. The minimum Gasteiger partial charge on any atom is 3.00 e. The molecule has 0 saturated heterocycles. The van der Waals surface area contributed by atoms with E-state index in [0.29, 0.717) is 0 Å². The van der Waals surface area contributed by atoms with Gasteiger partial charge >= 0.3 is 75.8 Å². The van der Waals surface area contributed by atoms with Crippen molar-refractivity contribution in [2.24, 2.45) is 0 Å². The quantitative estimate of drug-likeness (QED) is 0.441. The van der Waals surface area contributed by atoms with Crippen molar-refractivity contribution >= 4 is 27.1 Å². The smallest absolute Gasteiger partial charge is 3.00 e. The predicted octanol–water partition coefficient (Wildman–Crippen LogP) is -3.14. The Morgan fingerprint density at radius 1 is 1.40 bits per heavy atom. The van der Waals surface area contributed by atoms with E-state index in [4.69, 9.17) is 10.0 Å². The summed E-state index contributed by atoms with van der Waals surface area (Å²) in [5.41, 5.74) is 0. The van der Waals surface area contributed by atoms with Crippen LogP contribution in [-0.2, 0) is 0 Å². The summed E-state index contributed by atoms with van der Waals surface area (Å²) in [6.45, 7) is 0. The summed E-state index contributed by atoms with van der Waals surface area (Å²) in [7, 11) is 0. The summed E-state index contributed by atoms with van der Waals surface area (Å²) in [5.74, 6) is 0. The fraction of sp³-hybridized carbons (Fsp3) is 0. The number of rotatable bonds is 0. The summed E-state index contributed by atoms with van der Waals surface area (Å²) in [4.78, 5) is 0. The average molecular weight is 329 g/mol. The van der Waals surface area contributed by atoms with Crippen LogP contribution >= 0.6 is 0 Å². The van der Waals surface area contributed by atoms with Gasteiger partial charge in [-0.15, -0.1) is 0 Å². The molecule has 0 aromatic carbocycles. The molecule has 0 saturated carbocycles. The SMILES string of the molecule is [O-]B([O-])[Te-].[Tb+3]. The van der Waals surface area contributed by atoms with Crippen molar-refractivity contribution in [1.29, 1.82) is 0 Å². The van der Waals surface area contributed by atoms with Crippen molar-refractivity contribution in [2.75, 3.05) is 0 Å². The van der Waals surface area contributed by atoms with Gasteiger partial charge in [0, 0.05) is 0 Å². The van der Waals surface area contributed by atoms with Crippen molar-refractivity contribution in [1.82, 2.24) is 0 Å². The molecule has 0 aliphatic heterocycles. The summed E-state index contributed by atoms with van der Waals surface area (Å²) in [5, 5.41) is 16.3. The van der Waals surface area contributed by atoms with E-state index in [0.717, 1.165) is 22.1 Å². The van der Waals surface area contributed by atoms with Crippen LogP contribution < -0.4 is 10.0 Å². The van der Waals surface area contributed by atoms with Crippen LogP contribution in [0.2, 0.25) is 0 Å². The van der Waals surface area contributed by atoms with Gasteiger partial charge in [0.15, 0.2) is 0 Å². The third kappa shape index (κ3) is 23.5. The third-order valence-electron chi connectivity index (χ3n) is 0. The van der Waals surface area contributed by atoms with E-state index in [9.17, 15) is 0 Å². The van der Waals surface area contributed by atoms with Gasteiger partial charge in [-0.1, -0.05) is 0 Å². The first-order valence-corrected chi connectivity index (χ1v) is 2.05. The first-order chi connectivity index (χ1) is 1.73. The monoisotopic (exact) mass is 332 g/mol. The number of hydrogen-bond acceptors (Lipinski definition) is 2. The van der Waals surface area contributed by atoms with Gasteiger partial charge in [0.05, 0.1) is 0 Å². The van der Waals surface area contributed by atoms with E-state index in [1.165, 1.54) is 0 Å². The van der Waals surface area contributed by atoms with Crippen molar-refractivity contribution in [3.8, 4) is 0 Å². The van der Waals surface area contributed by atoms with Crippen LogP contribution in [0.25, 0.3) is 0 Å². The van der Waals surface area contributed by atoms with Gasteiger partial charge in [-0.25, -0.2) is 0 Å². The minimum atomic E-state index is -1.66. The van der Waals surface area contributed by atoms with Gasteiger partial charge in [-0.3, -0.25) is 0 Å². The molecular weight excluding hydrogens is 329 g/mol. The number of hydrogen-bond donors (Lipinski definition) is 0. The van der Waals surface area contributed by atoms with Gasteiger partial charge in [0.25, 0.3) is 0 Å². The summed E-state index contributed by atoms with van der Waals surface area (Å²) in [6.07, 6.45) is 0. The maximum absolute atomic E-state index is 8.98. The van der Waals surface area contributed by atoms with Crippen LogP contribution in [0.3, 0.4) is 0 Å². The second-order valence-electron chi connectivity index (χ2n) is 0.289. The van der Waals surface area contributed by atoms with E-state index < -0.39 is 5.02 Å². The second-order valence-corrected chi connectivity index (χ2v) is 1.39. The summed E-state index contributed by atoms with van der Waals surface area (Å²) >= 11 is 0.997. The Labute approximate surface area is 74.6 Å². The standard InChI is InChI=1S/BO2Te.Tb/c2-1(3)4;/q-3;+3. The Kier molecular flexibility index (Phi) is 12.3. The van der Waals surface area contributed by atoms with Crippen LogP contribution in [0, 0.1) is 38.6 Å². The van der Waals surface area contributed by atoms with Crippen molar-refractivity contribution in [3.05, 3.63) is 0 Å². The molecule has 5 heavy (non-hydrogen) atoms. The fourth-order valence-electron chi connectivity index (χ4n) is 0. The van der Waals surface area contributed by atoms with E-state index in [-0.39, 0.29) is 38.6 Å². The molecule has 0 fully saturated rings. The summed E-state index contributed by atoms with van der Waals surface area (Å²) < 4.78 is 0. The van der Waals surface area contributed by atoms with Gasteiger partial charge in [0.2, 0.25) is 0 Å². The molecule has 0 radical (unpaired) electrons. The molecule has 0 unspecified atom stereocenters. The Morgan fingerprint density at radius 3 is 1.40 bits per heavy atom. The molecule has 0 spiro atoms. The molecule has 0 aromatic rings. The zero-order chi connectivity index (χ0) is 3.58. The Morgan fingerprint density at radius 2 is 1.40 bits per heavy atom. The molecular formula is BO2TbTe. The first-order valence-electron chi connectivity index (χ1n) is 0.707. The van der Waals surface area contributed by atoms with E-state index in [1.54, 1.807) is 0 Å². The topological polar surface area (TPSA) is 46.1 Å². The molecule has 0 N–H and O–H groups in total. The van der Waals surface area contributed by atoms with Crippen molar-refractivity contribution in [3.63, 3.8) is 0 Å². The van der Waals surface area contributed by atoms with Crippen LogP contribution in [0.4, 0.5) is 0 Å². The maximum Gasteiger partial charge on any atom is 3.00 e. The summed E-state index contributed by atoms with van der Waals surface area (Å²) in [6, 6.07) is 0. The zero-order valence-corrected chi connectivity index (χ0v) is 6.60. The molecule has 0 aromatic heterocycles. The molecule has 5 heteroatoms. The predicted molar refractivity (Wildman–Crippen MR) is 11.5 cm³/mol. The van der Waals surface area contributed by atoms with Crippen LogP contribution in [-0.4, -0.2) is 27.1 Å². The average Bonchev–Trinajstić information content (AvgIpc) is 0.811. The van der Waals surface area contributed by atoms with Gasteiger partial charge in [0.1, 0.15) is 0 Å². The van der Waals surface area contributed by atoms with E-state index in [1.807, 2.05) is 0 Å². The molecule has 0 amide bonds. The molecule has 0 aliphatic carbocycles. The zero-order valence-electron chi connectivity index (χ0n) is 2.14. The molecule has 0 aliphatic rings. The van der Waals surface area contributed by atoms with Crippen LogP contribution in [0.15, 0.2) is 0 Å². The van der Waals surface area contributed by atoms with E-state index in [2.05, 4.69) is 0 Å². The third-order valence-corrected chi connectivity index (χ3v) is 0. The first kappa shape index (κ1) is 10.1.